The summed E-state index contributed by atoms with van der Waals surface area (Å²) in [6.45, 7) is 9.33. The highest BCUT2D eigenvalue weighted by molar-refractivity contribution is 8.26. The molecule has 3 rings (SSSR count). The Morgan fingerprint density at radius 2 is 1.97 bits per heavy atom. The fourth-order valence-electron chi connectivity index (χ4n) is 4.33. The summed E-state index contributed by atoms with van der Waals surface area (Å²) in [5, 5.41) is 9.76. The van der Waals surface area contributed by atoms with Crippen molar-refractivity contribution in [2.45, 2.75) is 53.0 Å². The van der Waals surface area contributed by atoms with Crippen LogP contribution in [0.2, 0.25) is 0 Å². The van der Waals surface area contributed by atoms with Gasteiger partial charge in [-0.15, -0.1) is 0 Å². The van der Waals surface area contributed by atoms with Gasteiger partial charge in [-0.3, -0.25) is 19.1 Å². The van der Waals surface area contributed by atoms with E-state index in [9.17, 15) is 14.9 Å². The third-order valence-corrected chi connectivity index (χ3v) is 7.63. The number of anilines is 1. The van der Waals surface area contributed by atoms with E-state index in [0.717, 1.165) is 43.7 Å². The molecule has 1 amide bonds. The number of rotatable bonds is 8. The lowest BCUT2D eigenvalue weighted by Gasteiger charge is -2.35. The zero-order chi connectivity index (χ0) is 24.1. The Hall–Kier alpha value is -2.15. The average Bonchev–Trinajstić information content (AvgIpc) is 3.06. The van der Waals surface area contributed by atoms with Gasteiger partial charge in [-0.05, 0) is 50.2 Å². The number of hydrogen-bond donors (Lipinski definition) is 0. The predicted octanol–water partition coefficient (Wildman–Crippen LogP) is 3.91. The molecule has 9 heteroatoms. The van der Waals surface area contributed by atoms with Gasteiger partial charge in [-0.25, -0.2) is 0 Å². The molecule has 2 fully saturated rings. The molecule has 0 aliphatic carbocycles. The topological polar surface area (TPSA) is 78.6 Å². The summed E-state index contributed by atoms with van der Waals surface area (Å²) in [5.74, 6) is 1.32. The second-order valence-corrected chi connectivity index (χ2v) is 10.3. The van der Waals surface area contributed by atoms with E-state index >= 15 is 0 Å². The number of ether oxygens (including phenoxy) is 1. The van der Waals surface area contributed by atoms with E-state index in [-0.39, 0.29) is 17.0 Å². The monoisotopic (exact) mass is 488 g/mol. The molecule has 1 aromatic heterocycles. The SMILES string of the molecule is CCCn1c(N2CCC(C)CC2)c(C=C2SC(=S)N(CCCOC)C2=O)c(C)c(C#N)c1=O. The van der Waals surface area contributed by atoms with Crippen LogP contribution in [0.4, 0.5) is 5.82 Å². The van der Waals surface area contributed by atoms with E-state index in [1.54, 1.807) is 23.5 Å². The van der Waals surface area contributed by atoms with Crippen LogP contribution in [0.5, 0.6) is 0 Å². The van der Waals surface area contributed by atoms with Crippen LogP contribution >= 0.6 is 24.0 Å². The molecule has 0 spiro atoms. The number of methoxy groups -OCH3 is 1. The number of piperidine rings is 1. The van der Waals surface area contributed by atoms with Crippen LogP contribution in [0.25, 0.3) is 6.08 Å². The number of amides is 1. The molecule has 2 saturated heterocycles. The van der Waals surface area contributed by atoms with Crippen molar-refractivity contribution in [3.05, 3.63) is 31.9 Å². The summed E-state index contributed by atoms with van der Waals surface area (Å²) in [6.07, 6.45) is 5.39. The molecular formula is C24H32N4O3S2. The highest BCUT2D eigenvalue weighted by Gasteiger charge is 2.33. The van der Waals surface area contributed by atoms with E-state index in [0.29, 0.717) is 46.8 Å². The Bertz CT molecular complexity index is 1050. The molecule has 3 heterocycles. The maximum atomic E-state index is 13.2. The van der Waals surface area contributed by atoms with Crippen molar-refractivity contribution in [3.63, 3.8) is 0 Å². The number of hydrogen-bond acceptors (Lipinski definition) is 7. The van der Waals surface area contributed by atoms with Crippen LogP contribution in [0.1, 0.15) is 56.2 Å². The van der Waals surface area contributed by atoms with Crippen LogP contribution in [0.3, 0.4) is 0 Å². The molecule has 7 nitrogen and oxygen atoms in total. The van der Waals surface area contributed by atoms with Crippen molar-refractivity contribution in [2.24, 2.45) is 5.92 Å². The second kappa shape index (κ2) is 11.3. The summed E-state index contributed by atoms with van der Waals surface area (Å²) >= 11 is 6.74. The lowest BCUT2D eigenvalue weighted by Crippen LogP contribution is -2.39. The van der Waals surface area contributed by atoms with E-state index in [1.165, 1.54) is 11.8 Å². The van der Waals surface area contributed by atoms with Crippen LogP contribution in [0.15, 0.2) is 9.70 Å². The van der Waals surface area contributed by atoms with Crippen molar-refractivity contribution in [3.8, 4) is 6.07 Å². The molecule has 2 aliphatic rings. The molecule has 0 bridgehead atoms. The molecule has 0 atom stereocenters. The van der Waals surface area contributed by atoms with Crippen LogP contribution in [0, 0.1) is 24.2 Å². The van der Waals surface area contributed by atoms with Crippen LogP contribution in [-0.2, 0) is 16.1 Å². The maximum Gasteiger partial charge on any atom is 0.270 e. The van der Waals surface area contributed by atoms with Gasteiger partial charge in [0.05, 0.1) is 4.91 Å². The minimum atomic E-state index is -0.255. The number of nitrogens with zero attached hydrogens (tertiary/aromatic N) is 4. The number of thioether (sulfide) groups is 1. The standard InChI is InChI=1S/C24H32N4O3S2/c1-5-9-27-21(26-11-7-16(2)8-12-26)18(17(3)19(15-25)22(27)29)14-20-23(30)28(24(32)33-20)10-6-13-31-4/h14,16H,5-13H2,1-4H3. The Morgan fingerprint density at radius 3 is 2.58 bits per heavy atom. The first kappa shape index (κ1) is 25.5. The van der Waals surface area contributed by atoms with E-state index in [1.807, 2.05) is 13.0 Å². The molecule has 2 aliphatic heterocycles. The largest absolute Gasteiger partial charge is 0.385 e. The molecule has 1 aromatic rings. The smallest absolute Gasteiger partial charge is 0.270 e. The average molecular weight is 489 g/mol. The first-order chi connectivity index (χ1) is 15.8. The number of thiocarbonyl (C=S) groups is 1. The fraction of sp³-hybridized carbons (Fsp3) is 0.583. The van der Waals surface area contributed by atoms with Crippen molar-refractivity contribution in [1.29, 1.82) is 5.26 Å². The maximum absolute atomic E-state index is 13.2. The Balaban J connectivity index is 2.13. The van der Waals surface area contributed by atoms with Gasteiger partial charge in [-0.1, -0.05) is 37.8 Å². The number of carbonyl (C=O) groups is 1. The summed E-state index contributed by atoms with van der Waals surface area (Å²) in [6, 6.07) is 2.11. The zero-order valence-electron chi connectivity index (χ0n) is 19.8. The summed E-state index contributed by atoms with van der Waals surface area (Å²) in [5.41, 5.74) is 1.27. The molecule has 0 unspecified atom stereocenters. The van der Waals surface area contributed by atoms with Crippen molar-refractivity contribution in [1.82, 2.24) is 9.47 Å². The molecule has 0 saturated carbocycles. The minimum absolute atomic E-state index is 0.134. The Morgan fingerprint density at radius 1 is 1.27 bits per heavy atom. The molecule has 0 aromatic carbocycles. The summed E-state index contributed by atoms with van der Waals surface area (Å²) in [4.78, 5) is 30.8. The first-order valence-electron chi connectivity index (χ1n) is 11.5. The van der Waals surface area contributed by atoms with Crippen molar-refractivity contribution >= 4 is 46.1 Å². The van der Waals surface area contributed by atoms with E-state index in [4.69, 9.17) is 17.0 Å². The summed E-state index contributed by atoms with van der Waals surface area (Å²) < 4.78 is 7.36. The van der Waals surface area contributed by atoms with Gasteiger partial charge in [0.25, 0.3) is 11.5 Å². The predicted molar refractivity (Wildman–Crippen MR) is 137 cm³/mol. The van der Waals surface area contributed by atoms with Gasteiger partial charge in [-0.2, -0.15) is 5.26 Å². The number of nitriles is 1. The zero-order valence-corrected chi connectivity index (χ0v) is 21.5. The van der Waals surface area contributed by atoms with E-state index in [2.05, 4.69) is 17.9 Å². The Kier molecular flexibility index (Phi) is 8.74. The number of aromatic nitrogens is 1. The molecule has 0 radical (unpaired) electrons. The first-order valence-corrected chi connectivity index (χ1v) is 12.7. The molecule has 178 valence electrons. The fourth-order valence-corrected chi connectivity index (χ4v) is 5.62. The molecule has 33 heavy (non-hydrogen) atoms. The second-order valence-electron chi connectivity index (χ2n) is 8.66. The van der Waals surface area contributed by atoms with Gasteiger partial charge < -0.3 is 9.64 Å². The minimum Gasteiger partial charge on any atom is -0.385 e. The Labute approximate surface area is 205 Å². The van der Waals surface area contributed by atoms with Gasteiger partial charge in [0, 0.05) is 45.5 Å². The number of pyridine rings is 1. The highest BCUT2D eigenvalue weighted by Crippen LogP contribution is 2.36. The normalized spacial score (nSPS) is 18.5. The molecular weight excluding hydrogens is 456 g/mol. The van der Waals surface area contributed by atoms with Crippen molar-refractivity contribution < 1.29 is 9.53 Å². The van der Waals surface area contributed by atoms with E-state index < -0.39 is 0 Å². The third kappa shape index (κ3) is 5.34. The van der Waals surface area contributed by atoms with Gasteiger partial charge in [0.15, 0.2) is 0 Å². The lowest BCUT2D eigenvalue weighted by atomic mass is 9.97. The van der Waals surface area contributed by atoms with Crippen molar-refractivity contribution in [2.75, 3.05) is 38.3 Å². The lowest BCUT2D eigenvalue weighted by molar-refractivity contribution is -0.122. The van der Waals surface area contributed by atoms with Crippen LogP contribution < -0.4 is 10.5 Å². The van der Waals surface area contributed by atoms with Gasteiger partial charge >= 0.3 is 0 Å². The summed E-state index contributed by atoms with van der Waals surface area (Å²) in [7, 11) is 1.63. The van der Waals surface area contributed by atoms with Gasteiger partial charge in [0.1, 0.15) is 21.8 Å². The quantitative estimate of drug-likeness (QED) is 0.312. The molecule has 0 N–H and O–H groups in total. The third-order valence-electron chi connectivity index (χ3n) is 6.26. The number of carbonyl (C=O) groups excluding carboxylic acids is 1. The van der Waals surface area contributed by atoms with Crippen LogP contribution in [-0.4, -0.2) is 53.0 Å². The van der Waals surface area contributed by atoms with Gasteiger partial charge in [0.2, 0.25) is 0 Å². The highest BCUT2D eigenvalue weighted by atomic mass is 32.2.